The maximum atomic E-state index is 11.8. The lowest BCUT2D eigenvalue weighted by Gasteiger charge is -2.40. The first-order valence-electron chi connectivity index (χ1n) is 14.7. The van der Waals surface area contributed by atoms with Crippen LogP contribution in [0.2, 0.25) is 0 Å². The number of methoxy groups -OCH3 is 1. The van der Waals surface area contributed by atoms with Crippen molar-refractivity contribution in [2.75, 3.05) is 14.2 Å². The molecule has 6 rings (SSSR count). The van der Waals surface area contributed by atoms with Crippen LogP contribution in [0.15, 0.2) is 36.0 Å². The molecule has 5 fully saturated rings. The van der Waals surface area contributed by atoms with E-state index in [1.807, 2.05) is 6.92 Å². The molecule has 1 unspecified atom stereocenters. The van der Waals surface area contributed by atoms with Crippen LogP contribution in [0.25, 0.3) is 0 Å². The summed E-state index contributed by atoms with van der Waals surface area (Å²) in [5, 5.41) is 17.8. The topological polar surface area (TPSA) is 115 Å². The third-order valence-electron chi connectivity index (χ3n) is 10.6. The standard InChI is InChI=1S/C16H24O4.C15H20O3.CH4O/c1-9-10-5-8-16(3,19-4)11-6-7-15(2,18)12(11)13(10)20-14(9)17;1-9-5-4-8-15(3)13(18-15)12-11(7-6-9)10(2)14(16)17-12;1-2/h10-13,18H,1,5-8H2,2-4H3;5,11-13H,2,4,6-8H2,1,3H3;2H,1H3/b;9-5+;/t10-,11?,12-,13-,15+,16+;11-,12-,13+,15+;/m00./s1. The minimum atomic E-state index is -0.803. The monoisotopic (exact) mass is 560 g/mol. The van der Waals surface area contributed by atoms with E-state index in [4.69, 9.17) is 24.1 Å². The summed E-state index contributed by atoms with van der Waals surface area (Å²) in [7, 11) is 2.74. The number of carbonyl (C=O) groups is 2. The summed E-state index contributed by atoms with van der Waals surface area (Å²) in [4.78, 5) is 23.5. The van der Waals surface area contributed by atoms with Crippen molar-refractivity contribution in [2.24, 2.45) is 23.7 Å². The minimum Gasteiger partial charge on any atom is -0.458 e. The van der Waals surface area contributed by atoms with Gasteiger partial charge in [-0.3, -0.25) is 0 Å². The Morgan fingerprint density at radius 2 is 1.52 bits per heavy atom. The molecular weight excluding hydrogens is 512 g/mol. The minimum absolute atomic E-state index is 0.0246. The Balaban J connectivity index is 0.000000175. The Morgan fingerprint density at radius 3 is 2.15 bits per heavy atom. The molecule has 0 amide bonds. The number of carbonyl (C=O) groups excluding carboxylic acids is 2. The Bertz CT molecular complexity index is 1060. The zero-order valence-corrected chi connectivity index (χ0v) is 25.0. The van der Waals surface area contributed by atoms with Crippen LogP contribution >= 0.6 is 0 Å². The zero-order valence-electron chi connectivity index (χ0n) is 25.0. The number of aliphatic hydroxyl groups excluding tert-OH is 1. The highest BCUT2D eigenvalue weighted by molar-refractivity contribution is 5.91. The van der Waals surface area contributed by atoms with E-state index in [0.29, 0.717) is 11.1 Å². The highest BCUT2D eigenvalue weighted by Gasteiger charge is 2.62. The van der Waals surface area contributed by atoms with Crippen LogP contribution in [0.3, 0.4) is 0 Å². The summed E-state index contributed by atoms with van der Waals surface area (Å²) in [5.74, 6) is -0.215. The molecule has 40 heavy (non-hydrogen) atoms. The van der Waals surface area contributed by atoms with Crippen LogP contribution in [-0.4, -0.2) is 71.5 Å². The lowest BCUT2D eigenvalue weighted by atomic mass is 9.74. The Kier molecular flexibility index (Phi) is 8.78. The predicted molar refractivity (Wildman–Crippen MR) is 150 cm³/mol. The number of ether oxygens (including phenoxy) is 4. The van der Waals surface area contributed by atoms with Crippen molar-refractivity contribution in [3.8, 4) is 0 Å². The molecule has 3 saturated heterocycles. The molecule has 0 aromatic carbocycles. The highest BCUT2D eigenvalue weighted by Crippen LogP contribution is 2.56. The molecule has 10 atom stereocenters. The van der Waals surface area contributed by atoms with Gasteiger partial charge in [0.2, 0.25) is 0 Å². The Morgan fingerprint density at radius 1 is 0.925 bits per heavy atom. The number of epoxide rings is 1. The van der Waals surface area contributed by atoms with E-state index >= 15 is 0 Å². The average Bonchev–Trinajstić information content (AvgIpc) is 3.25. The quantitative estimate of drug-likeness (QED) is 0.210. The number of esters is 2. The lowest BCUT2D eigenvalue weighted by molar-refractivity contribution is -0.151. The van der Waals surface area contributed by atoms with Crippen LogP contribution < -0.4 is 0 Å². The van der Waals surface area contributed by atoms with Crippen LogP contribution in [-0.2, 0) is 28.5 Å². The number of fused-ring (bicyclic) bond motifs is 6. The molecule has 0 aromatic rings. The molecule has 0 spiro atoms. The van der Waals surface area contributed by atoms with E-state index in [9.17, 15) is 14.7 Å². The second-order valence-corrected chi connectivity index (χ2v) is 13.1. The van der Waals surface area contributed by atoms with Crippen LogP contribution in [0.4, 0.5) is 0 Å². The average molecular weight is 561 g/mol. The largest absolute Gasteiger partial charge is 0.458 e. The van der Waals surface area contributed by atoms with E-state index in [0.717, 1.165) is 58.5 Å². The molecule has 3 aliphatic carbocycles. The fourth-order valence-corrected chi connectivity index (χ4v) is 7.87. The number of rotatable bonds is 1. The van der Waals surface area contributed by atoms with Crippen molar-refractivity contribution in [3.63, 3.8) is 0 Å². The van der Waals surface area contributed by atoms with E-state index in [1.54, 1.807) is 7.11 Å². The van der Waals surface area contributed by atoms with Crippen LogP contribution in [0.1, 0.15) is 79.1 Å². The number of allylic oxidation sites excluding steroid dienone is 2. The number of aliphatic hydroxyl groups is 2. The summed E-state index contributed by atoms with van der Waals surface area (Å²) in [5.41, 5.74) is 1.42. The summed E-state index contributed by atoms with van der Waals surface area (Å²) < 4.78 is 22.7. The Hall–Kier alpha value is -2.00. The molecule has 8 nitrogen and oxygen atoms in total. The molecule has 3 aliphatic heterocycles. The van der Waals surface area contributed by atoms with Gasteiger partial charge in [0.1, 0.15) is 18.3 Å². The summed E-state index contributed by atoms with van der Waals surface area (Å²) in [6.45, 7) is 16.1. The van der Waals surface area contributed by atoms with E-state index in [2.05, 4.69) is 40.0 Å². The van der Waals surface area contributed by atoms with Crippen molar-refractivity contribution in [3.05, 3.63) is 36.0 Å². The fourth-order valence-electron chi connectivity index (χ4n) is 7.87. The molecule has 3 heterocycles. The molecule has 6 aliphatic rings. The molecule has 2 N–H and O–H groups in total. The van der Waals surface area contributed by atoms with Gasteiger partial charge in [-0.2, -0.15) is 0 Å². The fraction of sp³-hybridized carbons (Fsp3) is 0.750. The molecular formula is C32H48O8. The third-order valence-corrected chi connectivity index (χ3v) is 10.6. The summed E-state index contributed by atoms with van der Waals surface area (Å²) in [6.07, 6.45) is 9.36. The van der Waals surface area contributed by atoms with Crippen LogP contribution in [0, 0.1) is 23.7 Å². The SMILES string of the molecule is C=C1C(=O)O[C@@H]2[C@H]3O[C@]3(C)CC/C=C(\C)CC[C@@H]12.C=C1C(=O)O[C@H]2[C@H]1CC[C@@](C)(OC)C1CC[C@@](C)(O)[C@@H]12.CO. The molecule has 224 valence electrons. The van der Waals surface area contributed by atoms with E-state index in [-0.39, 0.29) is 65.1 Å². The molecule has 0 radical (unpaired) electrons. The van der Waals surface area contributed by atoms with Gasteiger partial charge >= 0.3 is 11.9 Å². The van der Waals surface area contributed by atoms with Crippen molar-refractivity contribution in [2.45, 2.75) is 114 Å². The van der Waals surface area contributed by atoms with Gasteiger partial charge in [0, 0.05) is 43.1 Å². The number of hydrogen-bond acceptors (Lipinski definition) is 8. The first-order valence-corrected chi connectivity index (χ1v) is 14.7. The van der Waals surface area contributed by atoms with Crippen molar-refractivity contribution >= 4 is 11.9 Å². The van der Waals surface area contributed by atoms with E-state index < -0.39 is 5.60 Å². The second kappa shape index (κ2) is 11.3. The zero-order chi connectivity index (χ0) is 29.6. The highest BCUT2D eigenvalue weighted by atomic mass is 16.6. The van der Waals surface area contributed by atoms with Crippen LogP contribution in [0.5, 0.6) is 0 Å². The van der Waals surface area contributed by atoms with Crippen molar-refractivity contribution in [1.29, 1.82) is 0 Å². The normalized spacial score (nSPS) is 46.8. The Labute approximate surface area is 238 Å². The van der Waals surface area contributed by atoms with Gasteiger partial charge in [-0.05, 0) is 85.0 Å². The van der Waals surface area contributed by atoms with Crippen molar-refractivity contribution in [1.82, 2.24) is 0 Å². The molecule has 0 aromatic heterocycles. The summed E-state index contributed by atoms with van der Waals surface area (Å²) in [6, 6.07) is 0. The smallest absolute Gasteiger partial charge is 0.334 e. The van der Waals surface area contributed by atoms with Gasteiger partial charge in [-0.25, -0.2) is 9.59 Å². The predicted octanol–water partition coefficient (Wildman–Crippen LogP) is 4.43. The van der Waals surface area contributed by atoms with E-state index in [1.165, 1.54) is 5.57 Å². The van der Waals surface area contributed by atoms with Gasteiger partial charge in [-0.15, -0.1) is 0 Å². The van der Waals surface area contributed by atoms with Gasteiger partial charge in [0.15, 0.2) is 0 Å². The maximum Gasteiger partial charge on any atom is 0.334 e. The van der Waals surface area contributed by atoms with Gasteiger partial charge in [0.25, 0.3) is 0 Å². The van der Waals surface area contributed by atoms with Crippen molar-refractivity contribution < 1.29 is 38.7 Å². The molecule has 2 saturated carbocycles. The first kappa shape index (κ1) is 30.9. The van der Waals surface area contributed by atoms with Gasteiger partial charge in [-0.1, -0.05) is 24.8 Å². The van der Waals surface area contributed by atoms with Gasteiger partial charge in [0.05, 0.1) is 16.8 Å². The second-order valence-electron chi connectivity index (χ2n) is 13.1. The summed E-state index contributed by atoms with van der Waals surface area (Å²) >= 11 is 0. The maximum absolute atomic E-state index is 11.8. The lowest BCUT2D eigenvalue weighted by Crippen LogP contribution is -2.47. The first-order chi connectivity index (χ1) is 18.8. The van der Waals surface area contributed by atoms with Gasteiger partial charge < -0.3 is 29.2 Å². The third kappa shape index (κ3) is 5.44. The molecule has 8 heteroatoms. The number of hydrogen-bond donors (Lipinski definition) is 2. The molecule has 0 bridgehead atoms.